The number of carbonyl (C=O) groups is 1. The van der Waals surface area contributed by atoms with Crippen molar-refractivity contribution in [2.24, 2.45) is 0 Å². The molecule has 1 aromatic heterocycles. The van der Waals surface area contributed by atoms with Gasteiger partial charge in [0.2, 0.25) is 5.91 Å². The maximum absolute atomic E-state index is 12.0. The molecule has 0 saturated carbocycles. The third-order valence-electron chi connectivity index (χ3n) is 4.20. The Morgan fingerprint density at radius 2 is 2.45 bits per heavy atom. The van der Waals surface area contributed by atoms with Gasteiger partial charge in [-0.3, -0.25) is 4.79 Å². The number of carbonyl (C=O) groups excluding carboxylic acids is 1. The van der Waals surface area contributed by atoms with Gasteiger partial charge in [0.1, 0.15) is 5.82 Å². The average Bonchev–Trinajstić information content (AvgIpc) is 3.04. The fourth-order valence-corrected chi connectivity index (χ4v) is 3.17. The van der Waals surface area contributed by atoms with E-state index in [4.69, 9.17) is 4.74 Å². The van der Waals surface area contributed by atoms with E-state index in [9.17, 15) is 4.79 Å². The van der Waals surface area contributed by atoms with Crippen molar-refractivity contribution in [3.63, 3.8) is 0 Å². The van der Waals surface area contributed by atoms with Crippen molar-refractivity contribution in [2.45, 2.75) is 64.1 Å². The quantitative estimate of drug-likeness (QED) is 0.909. The molecule has 2 aliphatic rings. The number of hydrogen-bond donors (Lipinski definition) is 1. The van der Waals surface area contributed by atoms with Crippen molar-refractivity contribution in [2.75, 3.05) is 6.61 Å². The summed E-state index contributed by atoms with van der Waals surface area (Å²) in [6.07, 6.45) is 7.99. The van der Waals surface area contributed by atoms with Crippen LogP contribution >= 0.6 is 0 Å². The molecule has 1 amide bonds. The summed E-state index contributed by atoms with van der Waals surface area (Å²) in [6.45, 7) is 3.72. The highest BCUT2D eigenvalue weighted by molar-refractivity contribution is 5.76. The average molecular weight is 277 g/mol. The number of ether oxygens (including phenoxy) is 1. The molecular formula is C15H23N3O2. The van der Waals surface area contributed by atoms with Crippen LogP contribution in [0, 0.1) is 6.92 Å². The molecule has 2 aliphatic heterocycles. The monoisotopic (exact) mass is 277 g/mol. The predicted molar refractivity (Wildman–Crippen MR) is 75.4 cm³/mol. The number of aryl methyl sites for hydroxylation is 2. The normalized spacial score (nSPS) is 25.4. The summed E-state index contributed by atoms with van der Waals surface area (Å²) in [5.74, 6) is 1.30. The van der Waals surface area contributed by atoms with Gasteiger partial charge in [-0.15, -0.1) is 0 Å². The number of aromatic nitrogens is 2. The van der Waals surface area contributed by atoms with E-state index in [0.29, 0.717) is 12.5 Å². The van der Waals surface area contributed by atoms with E-state index in [-0.39, 0.29) is 11.9 Å². The van der Waals surface area contributed by atoms with Gasteiger partial charge in [-0.1, -0.05) is 0 Å². The second kappa shape index (κ2) is 5.95. The Balaban J connectivity index is 1.45. The lowest BCUT2D eigenvalue weighted by atomic mass is 10.1. The van der Waals surface area contributed by atoms with Gasteiger partial charge in [-0.05, 0) is 32.6 Å². The fraction of sp³-hybridized carbons (Fsp3) is 0.733. The standard InChI is InChI=1S/C15H23N3O2/c1-11-9-18-10-12(4-6-14(18)16-11)17-15(19)7-5-13-3-2-8-20-13/h9,12-13H,2-8,10H2,1H3,(H,17,19)/t12-,13+/m1/s1. The SMILES string of the molecule is Cc1cn2c(n1)CC[C@@H](NC(=O)CC[C@@H]1CCCO1)C2. The zero-order valence-electron chi connectivity index (χ0n) is 12.1. The Hall–Kier alpha value is -1.36. The second-order valence-electron chi connectivity index (χ2n) is 5.93. The van der Waals surface area contributed by atoms with E-state index >= 15 is 0 Å². The summed E-state index contributed by atoms with van der Waals surface area (Å²) in [4.78, 5) is 16.5. The maximum atomic E-state index is 12.0. The number of rotatable bonds is 4. The molecule has 3 rings (SSSR count). The molecule has 3 heterocycles. The summed E-state index contributed by atoms with van der Waals surface area (Å²) in [6, 6.07) is 0.244. The summed E-state index contributed by atoms with van der Waals surface area (Å²) in [7, 11) is 0. The van der Waals surface area contributed by atoms with Crippen LogP contribution in [-0.4, -0.2) is 34.2 Å². The lowest BCUT2D eigenvalue weighted by Gasteiger charge is -2.24. The fourth-order valence-electron chi connectivity index (χ4n) is 3.17. The summed E-state index contributed by atoms with van der Waals surface area (Å²) in [5, 5.41) is 3.15. The minimum Gasteiger partial charge on any atom is -0.378 e. The summed E-state index contributed by atoms with van der Waals surface area (Å²) in [5.41, 5.74) is 1.06. The van der Waals surface area contributed by atoms with Crippen LogP contribution in [0.25, 0.3) is 0 Å². The molecule has 0 radical (unpaired) electrons. The number of imidazole rings is 1. The van der Waals surface area contributed by atoms with E-state index in [1.54, 1.807) is 0 Å². The molecular weight excluding hydrogens is 254 g/mol. The lowest BCUT2D eigenvalue weighted by Crippen LogP contribution is -2.41. The number of nitrogens with zero attached hydrogens (tertiary/aromatic N) is 2. The highest BCUT2D eigenvalue weighted by Crippen LogP contribution is 2.18. The molecule has 0 bridgehead atoms. The van der Waals surface area contributed by atoms with E-state index in [1.807, 2.05) is 6.92 Å². The molecule has 0 spiro atoms. The first-order valence-electron chi connectivity index (χ1n) is 7.64. The van der Waals surface area contributed by atoms with Crippen LogP contribution in [0.2, 0.25) is 0 Å². The molecule has 1 saturated heterocycles. The molecule has 5 heteroatoms. The molecule has 0 aromatic carbocycles. The molecule has 110 valence electrons. The van der Waals surface area contributed by atoms with Crippen molar-refractivity contribution in [3.05, 3.63) is 17.7 Å². The number of hydrogen-bond acceptors (Lipinski definition) is 3. The Morgan fingerprint density at radius 1 is 1.55 bits per heavy atom. The number of fused-ring (bicyclic) bond motifs is 1. The topological polar surface area (TPSA) is 56.2 Å². The molecule has 5 nitrogen and oxygen atoms in total. The van der Waals surface area contributed by atoms with Crippen LogP contribution in [-0.2, 0) is 22.5 Å². The van der Waals surface area contributed by atoms with Gasteiger partial charge in [0, 0.05) is 38.2 Å². The van der Waals surface area contributed by atoms with Gasteiger partial charge in [0.15, 0.2) is 0 Å². The zero-order chi connectivity index (χ0) is 13.9. The van der Waals surface area contributed by atoms with Crippen molar-refractivity contribution in [1.82, 2.24) is 14.9 Å². The smallest absolute Gasteiger partial charge is 0.220 e. The molecule has 0 aliphatic carbocycles. The highest BCUT2D eigenvalue weighted by atomic mass is 16.5. The van der Waals surface area contributed by atoms with E-state index in [1.165, 1.54) is 0 Å². The largest absolute Gasteiger partial charge is 0.378 e. The van der Waals surface area contributed by atoms with Gasteiger partial charge < -0.3 is 14.6 Å². The molecule has 2 atom stereocenters. The maximum Gasteiger partial charge on any atom is 0.220 e. The Kier molecular flexibility index (Phi) is 4.05. The third-order valence-corrected chi connectivity index (χ3v) is 4.20. The van der Waals surface area contributed by atoms with E-state index < -0.39 is 0 Å². The van der Waals surface area contributed by atoms with Crippen molar-refractivity contribution >= 4 is 5.91 Å². The molecule has 1 fully saturated rings. The Morgan fingerprint density at radius 3 is 3.25 bits per heavy atom. The zero-order valence-corrected chi connectivity index (χ0v) is 12.1. The lowest BCUT2D eigenvalue weighted by molar-refractivity contribution is -0.122. The Labute approximate surface area is 119 Å². The predicted octanol–water partition coefficient (Wildman–Crippen LogP) is 1.58. The summed E-state index contributed by atoms with van der Waals surface area (Å²) < 4.78 is 7.72. The van der Waals surface area contributed by atoms with Crippen molar-refractivity contribution < 1.29 is 9.53 Å². The van der Waals surface area contributed by atoms with Crippen molar-refractivity contribution in [3.8, 4) is 0 Å². The molecule has 0 unspecified atom stereocenters. The van der Waals surface area contributed by atoms with Crippen LogP contribution in [0.5, 0.6) is 0 Å². The second-order valence-corrected chi connectivity index (χ2v) is 5.93. The molecule has 1 aromatic rings. The third kappa shape index (κ3) is 3.20. The molecule has 20 heavy (non-hydrogen) atoms. The number of nitrogens with one attached hydrogen (secondary N) is 1. The van der Waals surface area contributed by atoms with Gasteiger partial charge >= 0.3 is 0 Å². The minimum absolute atomic E-state index is 0.158. The first-order valence-corrected chi connectivity index (χ1v) is 7.64. The first kappa shape index (κ1) is 13.6. The number of amides is 1. The summed E-state index contributed by atoms with van der Waals surface area (Å²) >= 11 is 0. The van der Waals surface area contributed by atoms with Crippen LogP contribution in [0.1, 0.15) is 43.6 Å². The van der Waals surface area contributed by atoms with Crippen LogP contribution in [0.3, 0.4) is 0 Å². The Bertz CT molecular complexity index is 477. The van der Waals surface area contributed by atoms with E-state index in [0.717, 1.165) is 56.8 Å². The van der Waals surface area contributed by atoms with Crippen LogP contribution in [0.15, 0.2) is 6.20 Å². The van der Waals surface area contributed by atoms with Gasteiger partial charge in [-0.2, -0.15) is 0 Å². The van der Waals surface area contributed by atoms with Gasteiger partial charge in [0.05, 0.1) is 11.8 Å². The van der Waals surface area contributed by atoms with Gasteiger partial charge in [-0.25, -0.2) is 4.98 Å². The van der Waals surface area contributed by atoms with Crippen molar-refractivity contribution in [1.29, 1.82) is 0 Å². The van der Waals surface area contributed by atoms with Crippen LogP contribution < -0.4 is 5.32 Å². The highest BCUT2D eigenvalue weighted by Gasteiger charge is 2.22. The molecule has 1 N–H and O–H groups in total. The van der Waals surface area contributed by atoms with Gasteiger partial charge in [0.25, 0.3) is 0 Å². The first-order chi connectivity index (χ1) is 9.70. The van der Waals surface area contributed by atoms with Crippen LogP contribution in [0.4, 0.5) is 0 Å². The minimum atomic E-state index is 0.158. The van der Waals surface area contributed by atoms with E-state index in [2.05, 4.69) is 21.1 Å².